The number of anilines is 1. The van der Waals surface area contributed by atoms with E-state index in [2.05, 4.69) is 10.3 Å². The number of oxazole rings is 1. The SMILES string of the molecule is Cc1nc(-c2cccc(NC(=O)[C@H](C)OC[C@@H]3CCCCO3)c2)oc1C. The van der Waals surface area contributed by atoms with E-state index in [0.717, 1.165) is 42.9 Å². The fraction of sp³-hybridized carbons (Fsp3) is 0.500. The van der Waals surface area contributed by atoms with Crippen LogP contribution in [0.25, 0.3) is 11.5 Å². The molecule has 2 heterocycles. The topological polar surface area (TPSA) is 73.6 Å². The number of ether oxygens (including phenoxy) is 2. The van der Waals surface area contributed by atoms with Crippen molar-refractivity contribution >= 4 is 11.6 Å². The van der Waals surface area contributed by atoms with E-state index in [0.29, 0.717) is 18.2 Å². The lowest BCUT2D eigenvalue weighted by Gasteiger charge is -2.23. The summed E-state index contributed by atoms with van der Waals surface area (Å²) in [5, 5.41) is 2.89. The number of hydrogen-bond acceptors (Lipinski definition) is 5. The minimum atomic E-state index is -0.546. The van der Waals surface area contributed by atoms with Crippen LogP contribution < -0.4 is 5.32 Å². The summed E-state index contributed by atoms with van der Waals surface area (Å²) >= 11 is 0. The van der Waals surface area contributed by atoms with E-state index in [1.807, 2.05) is 38.1 Å². The van der Waals surface area contributed by atoms with Gasteiger partial charge in [0.2, 0.25) is 5.89 Å². The molecule has 6 nitrogen and oxygen atoms in total. The average molecular weight is 358 g/mol. The molecule has 0 radical (unpaired) electrons. The van der Waals surface area contributed by atoms with E-state index in [-0.39, 0.29) is 12.0 Å². The lowest BCUT2D eigenvalue weighted by Crippen LogP contribution is -2.32. The number of carbonyl (C=O) groups is 1. The second-order valence-corrected chi connectivity index (χ2v) is 6.69. The van der Waals surface area contributed by atoms with Gasteiger partial charge >= 0.3 is 0 Å². The fourth-order valence-electron chi connectivity index (χ4n) is 2.84. The predicted molar refractivity (Wildman–Crippen MR) is 99.0 cm³/mol. The summed E-state index contributed by atoms with van der Waals surface area (Å²) in [4.78, 5) is 16.8. The third kappa shape index (κ3) is 4.71. The Labute approximate surface area is 153 Å². The summed E-state index contributed by atoms with van der Waals surface area (Å²) in [6.07, 6.45) is 2.80. The molecule has 0 aliphatic carbocycles. The number of amides is 1. The van der Waals surface area contributed by atoms with Gasteiger partial charge in [0.1, 0.15) is 11.9 Å². The van der Waals surface area contributed by atoms with Crippen molar-refractivity contribution in [1.82, 2.24) is 4.98 Å². The van der Waals surface area contributed by atoms with Crippen LogP contribution >= 0.6 is 0 Å². The zero-order chi connectivity index (χ0) is 18.5. The van der Waals surface area contributed by atoms with Gasteiger partial charge in [0.15, 0.2) is 0 Å². The Morgan fingerprint density at radius 2 is 2.23 bits per heavy atom. The zero-order valence-electron chi connectivity index (χ0n) is 15.6. The van der Waals surface area contributed by atoms with Crippen LogP contribution in [0.1, 0.15) is 37.6 Å². The van der Waals surface area contributed by atoms with Gasteiger partial charge in [0.05, 0.1) is 18.4 Å². The van der Waals surface area contributed by atoms with E-state index in [1.165, 1.54) is 0 Å². The number of rotatable bonds is 6. The first-order chi connectivity index (χ1) is 12.5. The second-order valence-electron chi connectivity index (χ2n) is 6.69. The normalized spacial score (nSPS) is 18.5. The highest BCUT2D eigenvalue weighted by atomic mass is 16.5. The molecular weight excluding hydrogens is 332 g/mol. The minimum Gasteiger partial charge on any atom is -0.441 e. The van der Waals surface area contributed by atoms with Crippen LogP contribution in [0.2, 0.25) is 0 Å². The van der Waals surface area contributed by atoms with Crippen LogP contribution in [-0.2, 0) is 14.3 Å². The van der Waals surface area contributed by atoms with Crippen LogP contribution in [0.5, 0.6) is 0 Å². The Morgan fingerprint density at radius 3 is 2.92 bits per heavy atom. The van der Waals surface area contributed by atoms with Gasteiger partial charge in [0.25, 0.3) is 5.91 Å². The van der Waals surface area contributed by atoms with Crippen molar-refractivity contribution in [3.05, 3.63) is 35.7 Å². The molecule has 1 aromatic heterocycles. The van der Waals surface area contributed by atoms with Crippen molar-refractivity contribution in [1.29, 1.82) is 0 Å². The molecule has 0 spiro atoms. The fourth-order valence-corrected chi connectivity index (χ4v) is 2.84. The molecule has 1 aliphatic heterocycles. The third-order valence-electron chi connectivity index (χ3n) is 4.58. The first-order valence-corrected chi connectivity index (χ1v) is 9.11. The van der Waals surface area contributed by atoms with Crippen LogP contribution in [-0.4, -0.2) is 36.3 Å². The Balaban J connectivity index is 1.57. The molecular formula is C20H26N2O4. The lowest BCUT2D eigenvalue weighted by atomic mass is 10.1. The summed E-state index contributed by atoms with van der Waals surface area (Å²) in [7, 11) is 0. The van der Waals surface area contributed by atoms with Gasteiger partial charge in [-0.1, -0.05) is 6.07 Å². The van der Waals surface area contributed by atoms with Gasteiger partial charge in [-0.3, -0.25) is 4.79 Å². The van der Waals surface area contributed by atoms with Crippen molar-refractivity contribution in [2.24, 2.45) is 0 Å². The second kappa shape index (κ2) is 8.47. The summed E-state index contributed by atoms with van der Waals surface area (Å²) in [6, 6.07) is 7.45. The van der Waals surface area contributed by atoms with Gasteiger partial charge in [0, 0.05) is 17.9 Å². The predicted octanol–water partition coefficient (Wildman–Crippen LogP) is 3.87. The molecule has 1 aromatic carbocycles. The number of aromatic nitrogens is 1. The third-order valence-corrected chi connectivity index (χ3v) is 4.58. The largest absolute Gasteiger partial charge is 0.441 e. The first-order valence-electron chi connectivity index (χ1n) is 9.11. The molecule has 6 heteroatoms. The molecule has 26 heavy (non-hydrogen) atoms. The molecule has 0 bridgehead atoms. The number of nitrogens with one attached hydrogen (secondary N) is 1. The number of hydrogen-bond donors (Lipinski definition) is 1. The maximum absolute atomic E-state index is 12.4. The quantitative estimate of drug-likeness (QED) is 0.848. The summed E-state index contributed by atoms with van der Waals surface area (Å²) in [6.45, 7) is 6.77. The maximum Gasteiger partial charge on any atom is 0.253 e. The molecule has 3 rings (SSSR count). The highest BCUT2D eigenvalue weighted by molar-refractivity contribution is 5.94. The molecule has 140 valence electrons. The van der Waals surface area contributed by atoms with Gasteiger partial charge in [-0.05, 0) is 58.2 Å². The smallest absolute Gasteiger partial charge is 0.253 e. The standard InChI is InChI=1S/C20H26N2O4/c1-13-14(2)26-20(21-13)16-7-6-8-17(11-16)22-19(23)15(3)25-12-18-9-4-5-10-24-18/h6-8,11,15,18H,4-5,9-10,12H2,1-3H3,(H,22,23)/t15-,18-/m0/s1. The molecule has 2 aromatic rings. The molecule has 1 fully saturated rings. The number of nitrogens with zero attached hydrogens (tertiary/aromatic N) is 1. The van der Waals surface area contributed by atoms with Gasteiger partial charge in [-0.2, -0.15) is 0 Å². The van der Waals surface area contributed by atoms with E-state index in [9.17, 15) is 4.79 Å². The highest BCUT2D eigenvalue weighted by Crippen LogP contribution is 2.24. The van der Waals surface area contributed by atoms with Crippen LogP contribution in [0.4, 0.5) is 5.69 Å². The van der Waals surface area contributed by atoms with Crippen molar-refractivity contribution in [2.45, 2.75) is 52.2 Å². The first kappa shape index (κ1) is 18.6. The molecule has 0 unspecified atom stereocenters. The van der Waals surface area contributed by atoms with Crippen LogP contribution in [0, 0.1) is 13.8 Å². The minimum absolute atomic E-state index is 0.0961. The van der Waals surface area contributed by atoms with E-state index >= 15 is 0 Å². The van der Waals surface area contributed by atoms with Gasteiger partial charge in [-0.25, -0.2) is 4.98 Å². The molecule has 1 N–H and O–H groups in total. The van der Waals surface area contributed by atoms with E-state index < -0.39 is 6.10 Å². The molecule has 1 aliphatic rings. The maximum atomic E-state index is 12.4. The summed E-state index contributed by atoms with van der Waals surface area (Å²) < 4.78 is 17.0. The van der Waals surface area contributed by atoms with Gasteiger partial charge in [-0.15, -0.1) is 0 Å². The van der Waals surface area contributed by atoms with E-state index in [4.69, 9.17) is 13.9 Å². The van der Waals surface area contributed by atoms with Crippen molar-refractivity contribution in [3.8, 4) is 11.5 Å². The van der Waals surface area contributed by atoms with Gasteiger partial charge < -0.3 is 19.2 Å². The number of carbonyl (C=O) groups excluding carboxylic acids is 1. The Morgan fingerprint density at radius 1 is 1.38 bits per heavy atom. The molecule has 1 amide bonds. The Kier molecular flexibility index (Phi) is 6.06. The molecule has 1 saturated heterocycles. The molecule has 2 atom stereocenters. The molecule has 0 saturated carbocycles. The van der Waals surface area contributed by atoms with Crippen molar-refractivity contribution in [3.63, 3.8) is 0 Å². The highest BCUT2D eigenvalue weighted by Gasteiger charge is 2.19. The lowest BCUT2D eigenvalue weighted by molar-refractivity contribution is -0.130. The Bertz CT molecular complexity index is 731. The summed E-state index contributed by atoms with van der Waals surface area (Å²) in [5.74, 6) is 1.16. The van der Waals surface area contributed by atoms with Crippen molar-refractivity contribution in [2.75, 3.05) is 18.5 Å². The monoisotopic (exact) mass is 358 g/mol. The number of benzene rings is 1. The zero-order valence-corrected chi connectivity index (χ0v) is 15.6. The average Bonchev–Trinajstić information content (AvgIpc) is 2.99. The van der Waals surface area contributed by atoms with Crippen LogP contribution in [0.15, 0.2) is 28.7 Å². The van der Waals surface area contributed by atoms with E-state index in [1.54, 1.807) is 6.92 Å². The summed E-state index contributed by atoms with van der Waals surface area (Å²) in [5.41, 5.74) is 2.37. The number of aryl methyl sites for hydroxylation is 2. The van der Waals surface area contributed by atoms with Crippen molar-refractivity contribution < 1.29 is 18.7 Å². The van der Waals surface area contributed by atoms with Crippen LogP contribution in [0.3, 0.4) is 0 Å². The Hall–Kier alpha value is -2.18.